The van der Waals surface area contributed by atoms with Crippen LogP contribution in [-0.4, -0.2) is 25.6 Å². The standard InChI is InChI=1S/C9H7N3O2.2C2H6/c13-9(14)7-1-2-8(11-5-7)12-4-3-10-6-12;2*1-2/h1-6H,(H,13,14);2*1-2H3. The first kappa shape index (κ1) is 15.8. The zero-order valence-corrected chi connectivity index (χ0v) is 11.2. The molecule has 0 aliphatic carbocycles. The van der Waals surface area contributed by atoms with Crippen LogP contribution in [0.2, 0.25) is 0 Å². The predicted octanol–water partition coefficient (Wildman–Crippen LogP) is 3.02. The minimum absolute atomic E-state index is 0.175. The number of carbonyl (C=O) groups is 1. The SMILES string of the molecule is CC.CC.O=C(O)c1ccc(-n2ccnc2)nc1. The van der Waals surface area contributed by atoms with Gasteiger partial charge in [-0.3, -0.25) is 4.57 Å². The van der Waals surface area contributed by atoms with Gasteiger partial charge in [-0.1, -0.05) is 27.7 Å². The van der Waals surface area contributed by atoms with Crippen LogP contribution in [0.1, 0.15) is 38.1 Å². The predicted molar refractivity (Wildman–Crippen MR) is 71.0 cm³/mol. The number of aromatic nitrogens is 3. The third kappa shape index (κ3) is 4.37. The minimum atomic E-state index is -0.977. The van der Waals surface area contributed by atoms with E-state index in [1.807, 2.05) is 27.7 Å². The quantitative estimate of drug-likeness (QED) is 0.888. The number of carboxylic acid groups (broad SMARTS) is 1. The van der Waals surface area contributed by atoms with E-state index in [-0.39, 0.29) is 5.56 Å². The van der Waals surface area contributed by atoms with Gasteiger partial charge in [-0.25, -0.2) is 14.8 Å². The number of carboxylic acids is 1. The second-order valence-corrected chi connectivity index (χ2v) is 2.68. The van der Waals surface area contributed by atoms with E-state index in [1.165, 1.54) is 12.3 Å². The van der Waals surface area contributed by atoms with Crippen molar-refractivity contribution in [2.75, 3.05) is 0 Å². The summed E-state index contributed by atoms with van der Waals surface area (Å²) in [7, 11) is 0. The Morgan fingerprint density at radius 3 is 2.28 bits per heavy atom. The molecule has 0 aliphatic rings. The van der Waals surface area contributed by atoms with Gasteiger partial charge in [0.15, 0.2) is 0 Å². The molecule has 2 aromatic heterocycles. The number of hydrogen-bond acceptors (Lipinski definition) is 3. The Morgan fingerprint density at radius 1 is 1.22 bits per heavy atom. The molecule has 0 saturated heterocycles. The summed E-state index contributed by atoms with van der Waals surface area (Å²) in [6, 6.07) is 3.13. The Hall–Kier alpha value is -2.17. The lowest BCUT2D eigenvalue weighted by Gasteiger charge is -2.00. The molecule has 5 heteroatoms. The van der Waals surface area contributed by atoms with E-state index < -0.39 is 5.97 Å². The summed E-state index contributed by atoms with van der Waals surface area (Å²) in [6.07, 6.45) is 6.29. The number of pyridine rings is 1. The van der Waals surface area contributed by atoms with Crippen LogP contribution in [0.5, 0.6) is 0 Å². The molecule has 2 aromatic rings. The van der Waals surface area contributed by atoms with E-state index in [0.29, 0.717) is 5.82 Å². The van der Waals surface area contributed by atoms with Crippen LogP contribution >= 0.6 is 0 Å². The lowest BCUT2D eigenvalue weighted by Crippen LogP contribution is -1.99. The highest BCUT2D eigenvalue weighted by molar-refractivity contribution is 5.87. The highest BCUT2D eigenvalue weighted by Crippen LogP contribution is 2.04. The van der Waals surface area contributed by atoms with Crippen molar-refractivity contribution in [2.24, 2.45) is 0 Å². The number of hydrogen-bond donors (Lipinski definition) is 1. The Balaban J connectivity index is 0.000000659. The van der Waals surface area contributed by atoms with Crippen molar-refractivity contribution in [1.82, 2.24) is 14.5 Å². The average Bonchev–Trinajstić information content (AvgIpc) is 2.97. The van der Waals surface area contributed by atoms with Gasteiger partial charge in [0.2, 0.25) is 0 Å². The maximum Gasteiger partial charge on any atom is 0.337 e. The number of rotatable bonds is 2. The molecule has 0 amide bonds. The monoisotopic (exact) mass is 249 g/mol. The molecule has 98 valence electrons. The average molecular weight is 249 g/mol. The van der Waals surface area contributed by atoms with Gasteiger partial charge in [-0.15, -0.1) is 0 Å². The maximum atomic E-state index is 10.5. The first-order chi connectivity index (χ1) is 8.77. The molecule has 0 aromatic carbocycles. The van der Waals surface area contributed by atoms with E-state index in [9.17, 15) is 4.79 Å². The third-order valence-corrected chi connectivity index (χ3v) is 1.76. The van der Waals surface area contributed by atoms with Crippen molar-refractivity contribution >= 4 is 5.97 Å². The topological polar surface area (TPSA) is 68.0 Å². The molecule has 2 heterocycles. The van der Waals surface area contributed by atoms with Gasteiger partial charge in [-0.05, 0) is 12.1 Å². The van der Waals surface area contributed by atoms with Gasteiger partial charge >= 0.3 is 5.97 Å². The highest BCUT2D eigenvalue weighted by atomic mass is 16.4. The summed E-state index contributed by atoms with van der Waals surface area (Å²) < 4.78 is 1.70. The Bertz CT molecular complexity index is 436. The number of imidazole rings is 1. The van der Waals surface area contributed by atoms with Crippen LogP contribution in [0.3, 0.4) is 0 Å². The van der Waals surface area contributed by atoms with Crippen LogP contribution < -0.4 is 0 Å². The van der Waals surface area contributed by atoms with Gasteiger partial charge in [0, 0.05) is 18.6 Å². The lowest BCUT2D eigenvalue weighted by atomic mass is 10.3. The van der Waals surface area contributed by atoms with Crippen molar-refractivity contribution in [3.05, 3.63) is 42.6 Å². The van der Waals surface area contributed by atoms with Crippen LogP contribution in [-0.2, 0) is 0 Å². The molecule has 18 heavy (non-hydrogen) atoms. The molecule has 0 fully saturated rings. The third-order valence-electron chi connectivity index (χ3n) is 1.76. The van der Waals surface area contributed by atoms with Crippen LogP contribution in [0.4, 0.5) is 0 Å². The normalized spacial score (nSPS) is 8.44. The largest absolute Gasteiger partial charge is 0.478 e. The van der Waals surface area contributed by atoms with Crippen LogP contribution in [0.25, 0.3) is 5.82 Å². The molecule has 1 N–H and O–H groups in total. The highest BCUT2D eigenvalue weighted by Gasteiger charge is 2.03. The summed E-state index contributed by atoms with van der Waals surface area (Å²) in [5, 5.41) is 8.65. The van der Waals surface area contributed by atoms with Crippen molar-refractivity contribution in [3.63, 3.8) is 0 Å². The van der Waals surface area contributed by atoms with E-state index >= 15 is 0 Å². The second kappa shape index (κ2) is 8.92. The first-order valence-corrected chi connectivity index (χ1v) is 5.95. The zero-order chi connectivity index (χ0) is 14.0. The van der Waals surface area contributed by atoms with Gasteiger partial charge in [0.25, 0.3) is 0 Å². The molecular weight excluding hydrogens is 230 g/mol. The fourth-order valence-corrected chi connectivity index (χ4v) is 1.06. The number of nitrogens with zero attached hydrogens (tertiary/aromatic N) is 3. The molecule has 0 spiro atoms. The lowest BCUT2D eigenvalue weighted by molar-refractivity contribution is 0.0696. The Morgan fingerprint density at radius 2 is 1.89 bits per heavy atom. The summed E-state index contributed by atoms with van der Waals surface area (Å²) in [4.78, 5) is 18.4. The molecule has 0 radical (unpaired) electrons. The summed E-state index contributed by atoms with van der Waals surface area (Å²) in [5.74, 6) is -0.331. The summed E-state index contributed by atoms with van der Waals surface area (Å²) in [5.41, 5.74) is 0.175. The van der Waals surface area contributed by atoms with E-state index in [1.54, 1.807) is 29.4 Å². The van der Waals surface area contributed by atoms with Gasteiger partial charge < -0.3 is 5.11 Å². The van der Waals surface area contributed by atoms with Crippen LogP contribution in [0.15, 0.2) is 37.1 Å². The Kier molecular flexibility index (Phi) is 7.85. The van der Waals surface area contributed by atoms with Crippen LogP contribution in [0, 0.1) is 0 Å². The second-order valence-electron chi connectivity index (χ2n) is 2.68. The molecule has 0 aliphatic heterocycles. The van der Waals surface area contributed by atoms with Crippen molar-refractivity contribution < 1.29 is 9.90 Å². The molecule has 2 rings (SSSR count). The fourth-order valence-electron chi connectivity index (χ4n) is 1.06. The molecule has 0 saturated carbocycles. The number of aromatic carboxylic acids is 1. The molecule has 0 atom stereocenters. The molecule has 0 unspecified atom stereocenters. The molecular formula is C13H19N3O2. The summed E-state index contributed by atoms with van der Waals surface area (Å²) >= 11 is 0. The van der Waals surface area contributed by atoms with E-state index in [2.05, 4.69) is 9.97 Å². The molecule has 5 nitrogen and oxygen atoms in total. The zero-order valence-electron chi connectivity index (χ0n) is 11.2. The first-order valence-electron chi connectivity index (χ1n) is 5.95. The van der Waals surface area contributed by atoms with E-state index in [4.69, 9.17) is 5.11 Å². The Labute approximate surface area is 107 Å². The smallest absolute Gasteiger partial charge is 0.337 e. The summed E-state index contributed by atoms with van der Waals surface area (Å²) in [6.45, 7) is 8.00. The van der Waals surface area contributed by atoms with Crippen molar-refractivity contribution in [2.45, 2.75) is 27.7 Å². The maximum absolute atomic E-state index is 10.5. The van der Waals surface area contributed by atoms with E-state index in [0.717, 1.165) is 0 Å². The minimum Gasteiger partial charge on any atom is -0.478 e. The van der Waals surface area contributed by atoms with Gasteiger partial charge in [-0.2, -0.15) is 0 Å². The fraction of sp³-hybridized carbons (Fsp3) is 0.308. The van der Waals surface area contributed by atoms with Gasteiger partial charge in [0.05, 0.1) is 5.56 Å². The van der Waals surface area contributed by atoms with Crippen molar-refractivity contribution in [3.8, 4) is 5.82 Å². The molecule has 0 bridgehead atoms. The van der Waals surface area contributed by atoms with Crippen molar-refractivity contribution in [1.29, 1.82) is 0 Å². The van der Waals surface area contributed by atoms with Gasteiger partial charge in [0.1, 0.15) is 12.1 Å².